The maximum absolute atomic E-state index is 13.1. The fourth-order valence-electron chi connectivity index (χ4n) is 2.06. The Balaban J connectivity index is 2.03. The zero-order valence-electron chi connectivity index (χ0n) is 11.7. The molecule has 7 heteroatoms. The molecule has 0 fully saturated rings. The lowest BCUT2D eigenvalue weighted by Gasteiger charge is -2.09. The number of aromatic nitrogens is 2. The fraction of sp³-hybridized carbons (Fsp3) is 0. The molecule has 2 aromatic carbocycles. The van der Waals surface area contributed by atoms with Crippen molar-refractivity contribution in [1.82, 2.24) is 9.71 Å². The van der Waals surface area contributed by atoms with Gasteiger partial charge in [-0.1, -0.05) is 46.8 Å². The van der Waals surface area contributed by atoms with Gasteiger partial charge in [-0.3, -0.25) is 9.78 Å². The fourth-order valence-corrected chi connectivity index (χ4v) is 3.04. The van der Waals surface area contributed by atoms with Gasteiger partial charge in [0.1, 0.15) is 5.82 Å². The second-order valence-electron chi connectivity index (χ2n) is 4.69. The number of nitrogens with zero attached hydrogens (tertiary/aromatic N) is 1. The van der Waals surface area contributed by atoms with Crippen molar-refractivity contribution in [3.63, 3.8) is 0 Å². The van der Waals surface area contributed by atoms with Crippen LogP contribution in [0.2, 0.25) is 0 Å². The molecule has 3 rings (SSSR count). The zero-order chi connectivity index (χ0) is 16.4. The summed E-state index contributed by atoms with van der Waals surface area (Å²) in [6.07, 6.45) is 0. The molecule has 0 saturated heterocycles. The smallest absolute Gasteiger partial charge is 0.362 e. The Kier molecular flexibility index (Phi) is 4.03. The molecule has 0 aliphatic heterocycles. The van der Waals surface area contributed by atoms with Crippen LogP contribution in [0.3, 0.4) is 0 Å². The monoisotopic (exact) mass is 330 g/mol. The number of H-pyrrole nitrogens is 1. The van der Waals surface area contributed by atoms with E-state index in [2.05, 4.69) is 4.98 Å². The molecule has 5 nitrogen and oxygen atoms in total. The number of nitrogens with one attached hydrogen (secondary N) is 1. The highest BCUT2D eigenvalue weighted by atomic mass is 32.2. The molecule has 0 unspecified atom stereocenters. The number of rotatable bonds is 3. The minimum atomic E-state index is -0.903. The largest absolute Gasteiger partial charge is 0.421 e. The van der Waals surface area contributed by atoms with E-state index in [-0.39, 0.29) is 10.5 Å². The van der Waals surface area contributed by atoms with Gasteiger partial charge >= 0.3 is 5.69 Å². The van der Waals surface area contributed by atoms with Crippen molar-refractivity contribution in [2.75, 3.05) is 0 Å². The van der Waals surface area contributed by atoms with Crippen LogP contribution >= 0.6 is 11.8 Å². The van der Waals surface area contributed by atoms with E-state index in [4.69, 9.17) is 0 Å². The number of aromatic amines is 1. The van der Waals surface area contributed by atoms with Crippen LogP contribution in [0.25, 0.3) is 11.1 Å². The van der Waals surface area contributed by atoms with Crippen molar-refractivity contribution in [3.05, 3.63) is 81.3 Å². The summed E-state index contributed by atoms with van der Waals surface area (Å²) < 4.78 is 13.1. The molecule has 0 amide bonds. The summed E-state index contributed by atoms with van der Waals surface area (Å²) in [7, 11) is 0. The lowest BCUT2D eigenvalue weighted by molar-refractivity contribution is 0.159. The van der Waals surface area contributed by atoms with Gasteiger partial charge in [-0.2, -0.15) is 0 Å². The SMILES string of the molecule is O=c1cc(Sc2ccccc2-c2ccc(F)cc2)[nH]c(=O)n1O. The van der Waals surface area contributed by atoms with Gasteiger partial charge in [0.15, 0.2) is 0 Å². The summed E-state index contributed by atoms with van der Waals surface area (Å²) in [5.41, 5.74) is -0.0614. The molecule has 0 radical (unpaired) electrons. The Morgan fingerprint density at radius 3 is 2.43 bits per heavy atom. The minimum absolute atomic E-state index is 0.00986. The molecule has 0 aliphatic carbocycles. The van der Waals surface area contributed by atoms with Crippen LogP contribution in [-0.2, 0) is 0 Å². The van der Waals surface area contributed by atoms with Crippen molar-refractivity contribution < 1.29 is 9.60 Å². The Bertz CT molecular complexity index is 933. The normalized spacial score (nSPS) is 10.7. The van der Waals surface area contributed by atoms with Crippen LogP contribution in [-0.4, -0.2) is 14.9 Å². The van der Waals surface area contributed by atoms with E-state index in [0.29, 0.717) is 5.03 Å². The van der Waals surface area contributed by atoms with Gasteiger partial charge in [-0.05, 0) is 29.3 Å². The van der Waals surface area contributed by atoms with Crippen molar-refractivity contribution >= 4 is 11.8 Å². The molecule has 2 N–H and O–H groups in total. The van der Waals surface area contributed by atoms with Crippen LogP contribution in [0, 0.1) is 5.82 Å². The Morgan fingerprint density at radius 1 is 1.04 bits per heavy atom. The summed E-state index contributed by atoms with van der Waals surface area (Å²) in [5, 5.41) is 9.48. The van der Waals surface area contributed by atoms with Crippen LogP contribution in [0.1, 0.15) is 0 Å². The highest BCUT2D eigenvalue weighted by Crippen LogP contribution is 2.34. The molecule has 0 spiro atoms. The van der Waals surface area contributed by atoms with Crippen LogP contribution < -0.4 is 11.2 Å². The average Bonchev–Trinajstić information content (AvgIpc) is 2.54. The van der Waals surface area contributed by atoms with E-state index in [1.165, 1.54) is 23.9 Å². The van der Waals surface area contributed by atoms with Crippen molar-refractivity contribution in [1.29, 1.82) is 0 Å². The van der Waals surface area contributed by atoms with Crippen LogP contribution in [0.4, 0.5) is 4.39 Å². The van der Waals surface area contributed by atoms with E-state index in [1.54, 1.807) is 12.1 Å². The van der Waals surface area contributed by atoms with Crippen molar-refractivity contribution in [3.8, 4) is 11.1 Å². The van der Waals surface area contributed by atoms with Gasteiger partial charge < -0.3 is 5.21 Å². The molecule has 0 aliphatic rings. The summed E-state index contributed by atoms with van der Waals surface area (Å²) in [6.45, 7) is 0. The third kappa shape index (κ3) is 3.19. The number of benzene rings is 2. The molecular weight excluding hydrogens is 319 g/mol. The van der Waals surface area contributed by atoms with Gasteiger partial charge in [0.2, 0.25) is 0 Å². The Labute approximate surface area is 134 Å². The predicted octanol–water partition coefficient (Wildman–Crippen LogP) is 2.73. The van der Waals surface area contributed by atoms with Gasteiger partial charge in [0.25, 0.3) is 5.56 Å². The van der Waals surface area contributed by atoms with E-state index < -0.39 is 11.2 Å². The second-order valence-corrected chi connectivity index (χ2v) is 5.78. The number of hydrogen-bond acceptors (Lipinski definition) is 4. The van der Waals surface area contributed by atoms with Crippen molar-refractivity contribution in [2.45, 2.75) is 9.92 Å². The first-order valence-corrected chi connectivity index (χ1v) is 7.45. The topological polar surface area (TPSA) is 75.1 Å². The molecule has 1 aromatic heterocycles. The minimum Gasteiger partial charge on any atom is -0.421 e. The summed E-state index contributed by atoms with van der Waals surface area (Å²) >= 11 is 1.18. The summed E-state index contributed by atoms with van der Waals surface area (Å²) in [6, 6.07) is 14.5. The van der Waals surface area contributed by atoms with E-state index in [1.807, 2.05) is 24.3 Å². The molecule has 3 aromatic rings. The van der Waals surface area contributed by atoms with E-state index in [9.17, 15) is 19.2 Å². The van der Waals surface area contributed by atoms with Crippen LogP contribution in [0.15, 0.2) is 74.1 Å². The first-order chi connectivity index (χ1) is 11.0. The standard InChI is InChI=1S/C16H11FN2O3S/c17-11-7-5-10(6-8-11)12-3-1-2-4-13(12)23-14-9-15(20)19(22)16(21)18-14/h1-9,22H,(H,18,21). The zero-order valence-corrected chi connectivity index (χ0v) is 12.5. The second kappa shape index (κ2) is 6.13. The van der Waals surface area contributed by atoms with Gasteiger partial charge in [0, 0.05) is 11.0 Å². The first-order valence-electron chi connectivity index (χ1n) is 6.63. The molecule has 23 heavy (non-hydrogen) atoms. The number of halogens is 1. The Morgan fingerprint density at radius 2 is 1.74 bits per heavy atom. The quantitative estimate of drug-likeness (QED) is 0.572. The Hall–Kier alpha value is -2.80. The summed E-state index contributed by atoms with van der Waals surface area (Å²) in [4.78, 5) is 26.1. The molecule has 0 bridgehead atoms. The first kappa shape index (κ1) is 15.1. The maximum Gasteiger partial charge on any atom is 0.362 e. The average molecular weight is 330 g/mol. The van der Waals surface area contributed by atoms with Crippen molar-refractivity contribution in [2.24, 2.45) is 0 Å². The lowest BCUT2D eigenvalue weighted by atomic mass is 10.1. The van der Waals surface area contributed by atoms with E-state index in [0.717, 1.165) is 22.1 Å². The predicted molar refractivity (Wildman–Crippen MR) is 84.5 cm³/mol. The maximum atomic E-state index is 13.1. The third-order valence-corrected chi connectivity index (χ3v) is 4.16. The van der Waals surface area contributed by atoms with Crippen LogP contribution in [0.5, 0.6) is 0 Å². The molecule has 0 saturated carbocycles. The van der Waals surface area contributed by atoms with Gasteiger partial charge in [0.05, 0.1) is 5.03 Å². The van der Waals surface area contributed by atoms with Gasteiger partial charge in [-0.15, -0.1) is 0 Å². The molecule has 116 valence electrons. The lowest BCUT2D eigenvalue weighted by Crippen LogP contribution is -2.32. The molecule has 1 heterocycles. The van der Waals surface area contributed by atoms with Gasteiger partial charge in [-0.25, -0.2) is 9.18 Å². The third-order valence-electron chi connectivity index (χ3n) is 3.15. The van der Waals surface area contributed by atoms with E-state index >= 15 is 0 Å². The summed E-state index contributed by atoms with van der Waals surface area (Å²) in [5.74, 6) is -0.324. The number of hydrogen-bond donors (Lipinski definition) is 2. The highest BCUT2D eigenvalue weighted by Gasteiger charge is 2.09. The highest BCUT2D eigenvalue weighted by molar-refractivity contribution is 7.99. The molecule has 0 atom stereocenters. The molecular formula is C16H11FN2O3S.